The fourth-order valence-electron chi connectivity index (χ4n) is 6.16. The number of H-pyrrole nitrogens is 1. The first-order valence-electron chi connectivity index (χ1n) is 9.45. The first kappa shape index (κ1) is 17.9. The fourth-order valence-corrected chi connectivity index (χ4v) is 10.0. The molecule has 4 aliphatic rings. The van der Waals surface area contributed by atoms with E-state index in [0.717, 1.165) is 21.2 Å². The number of thioether (sulfide) groups is 1. The Bertz CT molecular complexity index is 1110. The second-order valence-electron chi connectivity index (χ2n) is 8.13. The molecular weight excluding hydrogens is 432 g/mol. The number of hydrogen-bond donors (Lipinski definition) is 2. The highest BCUT2D eigenvalue weighted by atomic mass is 32.2. The highest BCUT2D eigenvalue weighted by molar-refractivity contribution is 8.00. The first-order chi connectivity index (χ1) is 14.0. The monoisotopic (exact) mass is 448 g/mol. The van der Waals surface area contributed by atoms with E-state index in [1.54, 1.807) is 23.1 Å². The first-order valence-corrected chi connectivity index (χ1v) is 12.0. The summed E-state index contributed by atoms with van der Waals surface area (Å²) in [5.74, 6) is -2.36. The van der Waals surface area contributed by atoms with Gasteiger partial charge in [0.05, 0.1) is 16.9 Å². The van der Waals surface area contributed by atoms with Crippen LogP contribution in [0.25, 0.3) is 0 Å². The van der Waals surface area contributed by atoms with Gasteiger partial charge in [-0.2, -0.15) is 0 Å². The van der Waals surface area contributed by atoms with Crippen molar-refractivity contribution in [2.75, 3.05) is 6.54 Å². The van der Waals surface area contributed by atoms with Gasteiger partial charge >= 0.3 is 10.8 Å². The van der Waals surface area contributed by atoms with Gasteiger partial charge in [-0.1, -0.05) is 17.4 Å². The summed E-state index contributed by atoms with van der Waals surface area (Å²) in [5, 5.41) is 12.2. The molecule has 2 N–H and O–H groups in total. The maximum atomic E-state index is 13.0. The minimum absolute atomic E-state index is 0.0364. The summed E-state index contributed by atoms with van der Waals surface area (Å²) in [6.45, 7) is -0.554. The number of imide groups is 1. The molecule has 4 heterocycles. The highest BCUT2D eigenvalue weighted by Crippen LogP contribution is 2.68. The number of thiazole rings is 1. The molecule has 0 spiro atoms. The van der Waals surface area contributed by atoms with Gasteiger partial charge < -0.3 is 10.1 Å². The highest BCUT2D eigenvalue weighted by Gasteiger charge is 2.69. The lowest BCUT2D eigenvalue weighted by Crippen LogP contribution is -2.42. The van der Waals surface area contributed by atoms with E-state index in [1.165, 1.54) is 16.2 Å². The number of nitrogens with zero attached hydrogens (tertiary/aromatic N) is 1. The van der Waals surface area contributed by atoms with Crippen LogP contribution in [0.4, 0.5) is 0 Å². The van der Waals surface area contributed by atoms with Crippen molar-refractivity contribution < 1.29 is 19.5 Å². The summed E-state index contributed by atoms with van der Waals surface area (Å²) >= 11 is 4.54. The van der Waals surface area contributed by atoms with Crippen molar-refractivity contribution in [3.05, 3.63) is 36.9 Å². The van der Waals surface area contributed by atoms with E-state index in [2.05, 4.69) is 11.1 Å². The van der Waals surface area contributed by atoms with Crippen LogP contribution < -0.4 is 4.87 Å². The number of aromatic amines is 1. The van der Waals surface area contributed by atoms with Crippen LogP contribution in [0.2, 0.25) is 0 Å². The SMILES string of the molecule is O=C(O)CN1C(=O)[C@@H]2[C@H]3C[C@@H]([C@@H]4Sc5[nH]c(=O)sc5[C@H](c5cccs5)[C@@H]34)[C@H]2C1=O. The summed E-state index contributed by atoms with van der Waals surface area (Å²) in [6.07, 6.45) is 0.817. The van der Waals surface area contributed by atoms with Crippen molar-refractivity contribution in [2.45, 2.75) is 22.6 Å². The standard InChI is InChI=1S/C19H16N2O5S3/c22-9(23)5-21-17(24)11-6-4-7(12(11)18(21)25)14-10(6)13(8-2-1-3-27-8)15-16(28-14)20-19(26)29-15/h1-3,6-7,10-14H,4-5H2,(H,20,26)(H,22,23)/t6-,7+,10+,11+,12+,13+,14-/m0/s1. The fraction of sp³-hybridized carbons (Fsp3) is 0.474. The van der Waals surface area contributed by atoms with Crippen LogP contribution in [-0.2, 0) is 14.4 Å². The second kappa shape index (κ2) is 6.05. The Balaban J connectivity index is 1.45. The quantitative estimate of drug-likeness (QED) is 0.696. The maximum absolute atomic E-state index is 13.0. The van der Waals surface area contributed by atoms with Crippen LogP contribution >= 0.6 is 34.4 Å². The number of carbonyl (C=O) groups is 3. The molecule has 7 atom stereocenters. The molecule has 3 fully saturated rings. The summed E-state index contributed by atoms with van der Waals surface area (Å²) in [4.78, 5) is 55.3. The zero-order valence-corrected chi connectivity index (χ0v) is 17.4. The van der Waals surface area contributed by atoms with Gasteiger partial charge in [0, 0.05) is 20.9 Å². The Morgan fingerprint density at radius 3 is 2.66 bits per heavy atom. The molecule has 7 nitrogen and oxygen atoms in total. The van der Waals surface area contributed by atoms with Gasteiger partial charge in [-0.25, -0.2) is 0 Å². The molecule has 2 aromatic heterocycles. The van der Waals surface area contributed by atoms with Crippen LogP contribution in [0.5, 0.6) is 0 Å². The summed E-state index contributed by atoms with van der Waals surface area (Å²) in [5.41, 5.74) is 0. The number of aromatic nitrogens is 1. The molecule has 2 aliphatic carbocycles. The summed E-state index contributed by atoms with van der Waals surface area (Å²) in [7, 11) is 0. The third-order valence-corrected chi connectivity index (χ3v) is 10.5. The van der Waals surface area contributed by atoms with Crippen molar-refractivity contribution in [1.29, 1.82) is 0 Å². The van der Waals surface area contributed by atoms with Gasteiger partial charge in [0.15, 0.2) is 0 Å². The van der Waals surface area contributed by atoms with Crippen LogP contribution in [0.1, 0.15) is 22.1 Å². The average molecular weight is 449 g/mol. The number of carboxylic acid groups (broad SMARTS) is 1. The van der Waals surface area contributed by atoms with E-state index in [-0.39, 0.29) is 45.6 Å². The second-order valence-corrected chi connectivity index (χ2v) is 11.3. The molecule has 1 saturated heterocycles. The average Bonchev–Trinajstić information content (AvgIpc) is 3.45. The molecule has 29 heavy (non-hydrogen) atoms. The normalized spacial score (nSPS) is 37.0. The van der Waals surface area contributed by atoms with Gasteiger partial charge in [-0.15, -0.1) is 23.1 Å². The molecule has 0 radical (unpaired) electrons. The number of rotatable bonds is 3. The van der Waals surface area contributed by atoms with Gasteiger partial charge in [0.1, 0.15) is 6.54 Å². The number of thiophene rings is 1. The van der Waals surface area contributed by atoms with E-state index in [9.17, 15) is 19.2 Å². The molecule has 10 heteroatoms. The Morgan fingerprint density at radius 1 is 1.21 bits per heavy atom. The smallest absolute Gasteiger partial charge is 0.323 e. The van der Waals surface area contributed by atoms with Crippen molar-refractivity contribution in [3.8, 4) is 0 Å². The van der Waals surface area contributed by atoms with Gasteiger partial charge in [0.25, 0.3) is 0 Å². The predicted octanol–water partition coefficient (Wildman–Crippen LogP) is 2.06. The zero-order valence-electron chi connectivity index (χ0n) is 14.9. The molecule has 2 saturated carbocycles. The number of likely N-dealkylation sites (tertiary alicyclic amines) is 1. The van der Waals surface area contributed by atoms with Gasteiger partial charge in [-0.05, 0) is 35.6 Å². The number of carbonyl (C=O) groups excluding carboxylic acids is 2. The van der Waals surface area contributed by atoms with Crippen LogP contribution in [-0.4, -0.2) is 44.6 Å². The topological polar surface area (TPSA) is 108 Å². The lowest BCUT2D eigenvalue weighted by atomic mass is 9.69. The van der Waals surface area contributed by atoms with Gasteiger partial charge in [0.2, 0.25) is 11.8 Å². The Kier molecular flexibility index (Phi) is 3.74. The summed E-state index contributed by atoms with van der Waals surface area (Å²) < 4.78 is 0. The molecule has 2 aliphatic heterocycles. The predicted molar refractivity (Wildman–Crippen MR) is 107 cm³/mol. The van der Waals surface area contributed by atoms with E-state index in [1.807, 2.05) is 11.4 Å². The summed E-state index contributed by atoms with van der Waals surface area (Å²) in [6, 6.07) is 4.08. The molecule has 2 bridgehead atoms. The maximum Gasteiger partial charge on any atom is 0.323 e. The van der Waals surface area contributed by atoms with E-state index in [4.69, 9.17) is 5.11 Å². The van der Waals surface area contributed by atoms with Crippen molar-refractivity contribution in [1.82, 2.24) is 9.88 Å². The Hall–Kier alpha value is -1.91. The largest absolute Gasteiger partial charge is 0.480 e. The lowest BCUT2D eigenvalue weighted by Gasteiger charge is -2.42. The van der Waals surface area contributed by atoms with E-state index in [0.29, 0.717) is 0 Å². The third-order valence-electron chi connectivity index (χ3n) is 6.96. The molecule has 0 aromatic carbocycles. The minimum atomic E-state index is -1.16. The Morgan fingerprint density at radius 2 is 1.97 bits per heavy atom. The molecule has 6 rings (SSSR count). The number of carboxylic acids is 1. The molecule has 2 amide bonds. The minimum Gasteiger partial charge on any atom is -0.480 e. The molecule has 2 aromatic rings. The van der Waals surface area contributed by atoms with Crippen LogP contribution in [0.15, 0.2) is 27.3 Å². The van der Waals surface area contributed by atoms with Crippen molar-refractivity contribution in [2.24, 2.45) is 29.6 Å². The number of hydrogen-bond acceptors (Lipinski definition) is 7. The Labute approximate surface area is 177 Å². The third kappa shape index (κ3) is 2.30. The number of nitrogens with one attached hydrogen (secondary N) is 1. The van der Waals surface area contributed by atoms with Crippen molar-refractivity contribution >= 4 is 52.2 Å². The number of aliphatic carboxylic acids is 1. The van der Waals surface area contributed by atoms with Gasteiger partial charge in [-0.3, -0.25) is 24.1 Å². The van der Waals surface area contributed by atoms with Crippen LogP contribution in [0, 0.1) is 29.6 Å². The van der Waals surface area contributed by atoms with Crippen LogP contribution in [0.3, 0.4) is 0 Å². The lowest BCUT2D eigenvalue weighted by molar-refractivity contribution is -0.149. The molecular formula is C19H16N2O5S3. The number of fused-ring (bicyclic) bond motifs is 9. The zero-order chi connectivity index (χ0) is 20.0. The molecule has 0 unspecified atom stereocenters. The number of amides is 2. The van der Waals surface area contributed by atoms with E-state index < -0.39 is 24.3 Å². The van der Waals surface area contributed by atoms with Crippen molar-refractivity contribution in [3.63, 3.8) is 0 Å². The molecule has 150 valence electrons. The van der Waals surface area contributed by atoms with E-state index >= 15 is 0 Å².